The molecule has 0 aliphatic carbocycles. The highest BCUT2D eigenvalue weighted by atomic mass is 28.4. The summed E-state index contributed by atoms with van der Waals surface area (Å²) in [7, 11) is -2.06. The van der Waals surface area contributed by atoms with Crippen molar-refractivity contribution >= 4 is 25.9 Å². The zero-order chi connectivity index (χ0) is 28.4. The topological polar surface area (TPSA) is 123 Å². The molecule has 1 saturated heterocycles. The minimum atomic E-state index is -2.06. The first-order chi connectivity index (χ1) is 18.3. The van der Waals surface area contributed by atoms with Gasteiger partial charge in [0, 0.05) is 18.3 Å². The van der Waals surface area contributed by atoms with Crippen LogP contribution in [-0.4, -0.2) is 70.9 Å². The molecule has 14 heteroatoms. The van der Waals surface area contributed by atoms with Gasteiger partial charge in [-0.05, 0) is 32.0 Å². The number of hydrogen-bond acceptors (Lipinski definition) is 10. The van der Waals surface area contributed by atoms with E-state index in [1.807, 2.05) is 11.8 Å². The molecular weight excluding hydrogens is 526 g/mol. The normalized spacial score (nSPS) is 17.3. The molecule has 3 aromatic heterocycles. The predicted octanol–water partition coefficient (Wildman–Crippen LogP) is 4.69. The third-order valence-electron chi connectivity index (χ3n) is 6.98. The molecule has 4 rings (SSSR count). The van der Waals surface area contributed by atoms with E-state index in [1.165, 1.54) is 0 Å². The van der Waals surface area contributed by atoms with Crippen LogP contribution in [0, 0.1) is 18.6 Å². The third-order valence-corrected chi connectivity index (χ3v) is 11.5. The minimum absolute atomic E-state index is 0.0197. The second-order valence-corrected chi connectivity index (χ2v) is 15.9. The van der Waals surface area contributed by atoms with Gasteiger partial charge in [0.05, 0.1) is 38.3 Å². The van der Waals surface area contributed by atoms with Gasteiger partial charge in [0.25, 0.3) is 5.88 Å². The SMILES string of the molecule is Cc1cc(Nc2nc(O[C@@H](C)c3ncc(F)cn3)c(F)c(N3CCOCC3CO[Si](C)(C)C(C)(C)C)n2)n[nH]1. The van der Waals surface area contributed by atoms with Gasteiger partial charge < -0.3 is 24.1 Å². The van der Waals surface area contributed by atoms with E-state index in [0.29, 0.717) is 32.2 Å². The van der Waals surface area contributed by atoms with Gasteiger partial charge in [-0.1, -0.05) is 20.8 Å². The number of aryl methyl sites for hydroxylation is 1. The van der Waals surface area contributed by atoms with Gasteiger partial charge in [0.2, 0.25) is 11.8 Å². The smallest absolute Gasteiger partial charge is 0.258 e. The molecule has 1 unspecified atom stereocenters. The first-order valence-corrected chi connectivity index (χ1v) is 15.7. The van der Waals surface area contributed by atoms with Gasteiger partial charge >= 0.3 is 0 Å². The van der Waals surface area contributed by atoms with Crippen molar-refractivity contribution in [2.24, 2.45) is 0 Å². The maximum atomic E-state index is 16.0. The number of morpholine rings is 1. The Balaban J connectivity index is 1.67. The summed E-state index contributed by atoms with van der Waals surface area (Å²) >= 11 is 0. The number of hydrogen-bond donors (Lipinski definition) is 2. The highest BCUT2D eigenvalue weighted by Crippen LogP contribution is 2.37. The first-order valence-electron chi connectivity index (χ1n) is 12.8. The van der Waals surface area contributed by atoms with Gasteiger partial charge in [-0.25, -0.2) is 14.4 Å². The number of ether oxygens (including phenoxy) is 2. The van der Waals surface area contributed by atoms with Crippen LogP contribution in [0.5, 0.6) is 5.88 Å². The molecule has 11 nitrogen and oxygen atoms in total. The second-order valence-electron chi connectivity index (χ2n) is 11.1. The van der Waals surface area contributed by atoms with Crippen molar-refractivity contribution < 1.29 is 22.7 Å². The quantitative estimate of drug-likeness (QED) is 0.355. The van der Waals surface area contributed by atoms with E-state index in [1.54, 1.807) is 13.0 Å². The van der Waals surface area contributed by atoms with Crippen molar-refractivity contribution in [1.82, 2.24) is 30.1 Å². The largest absolute Gasteiger partial charge is 0.464 e. The Hall–Kier alpha value is -3.23. The van der Waals surface area contributed by atoms with E-state index in [9.17, 15) is 4.39 Å². The fourth-order valence-corrected chi connectivity index (χ4v) is 4.72. The van der Waals surface area contributed by atoms with Gasteiger partial charge in [-0.15, -0.1) is 0 Å². The molecule has 1 fully saturated rings. The van der Waals surface area contributed by atoms with Crippen molar-refractivity contribution in [2.75, 3.05) is 36.6 Å². The molecule has 0 saturated carbocycles. The van der Waals surface area contributed by atoms with E-state index in [-0.39, 0.29) is 34.6 Å². The lowest BCUT2D eigenvalue weighted by Crippen LogP contribution is -2.52. The molecule has 0 amide bonds. The monoisotopic (exact) mass is 562 g/mol. The van der Waals surface area contributed by atoms with E-state index in [0.717, 1.165) is 18.1 Å². The zero-order valence-electron chi connectivity index (χ0n) is 23.4. The summed E-state index contributed by atoms with van der Waals surface area (Å²) in [4.78, 5) is 18.5. The van der Waals surface area contributed by atoms with E-state index < -0.39 is 26.1 Å². The predicted molar refractivity (Wildman–Crippen MR) is 145 cm³/mol. The average Bonchev–Trinajstić information content (AvgIpc) is 3.28. The average molecular weight is 563 g/mol. The zero-order valence-corrected chi connectivity index (χ0v) is 24.4. The van der Waals surface area contributed by atoms with Crippen molar-refractivity contribution in [3.8, 4) is 5.88 Å². The number of aromatic amines is 1. The number of aromatic nitrogens is 6. The number of H-pyrrole nitrogens is 1. The van der Waals surface area contributed by atoms with Gasteiger partial charge in [-0.2, -0.15) is 19.5 Å². The van der Waals surface area contributed by atoms with Gasteiger partial charge in [0.1, 0.15) is 0 Å². The number of rotatable bonds is 9. The van der Waals surface area contributed by atoms with Gasteiger partial charge in [-0.3, -0.25) is 5.10 Å². The van der Waals surface area contributed by atoms with Crippen LogP contribution >= 0.6 is 0 Å². The highest BCUT2D eigenvalue weighted by molar-refractivity contribution is 6.74. The summed E-state index contributed by atoms with van der Waals surface area (Å²) in [5.74, 6) is -0.839. The fourth-order valence-electron chi connectivity index (χ4n) is 3.68. The number of halogens is 2. The summed E-state index contributed by atoms with van der Waals surface area (Å²) in [6, 6.07) is 1.50. The molecule has 212 valence electrons. The summed E-state index contributed by atoms with van der Waals surface area (Å²) in [5, 5.41) is 10.0. The second kappa shape index (κ2) is 11.5. The molecule has 4 heterocycles. The number of anilines is 3. The molecule has 0 spiro atoms. The van der Waals surface area contributed by atoms with E-state index in [2.05, 4.69) is 69.3 Å². The van der Waals surface area contributed by atoms with Crippen LogP contribution in [0.2, 0.25) is 18.1 Å². The number of nitrogens with one attached hydrogen (secondary N) is 2. The van der Waals surface area contributed by atoms with Crippen molar-refractivity contribution in [2.45, 2.75) is 64.9 Å². The van der Waals surface area contributed by atoms with Crippen LogP contribution in [0.15, 0.2) is 18.5 Å². The lowest BCUT2D eigenvalue weighted by molar-refractivity contribution is 0.0735. The van der Waals surface area contributed by atoms with Crippen LogP contribution in [0.4, 0.5) is 26.4 Å². The van der Waals surface area contributed by atoms with Crippen LogP contribution in [0.1, 0.15) is 45.3 Å². The maximum absolute atomic E-state index is 16.0. The summed E-state index contributed by atoms with van der Waals surface area (Å²) < 4.78 is 47.4. The molecule has 0 aromatic carbocycles. The molecule has 2 atom stereocenters. The van der Waals surface area contributed by atoms with Crippen molar-refractivity contribution in [1.29, 1.82) is 0 Å². The Morgan fingerprint density at radius 1 is 1.23 bits per heavy atom. The summed E-state index contributed by atoms with van der Waals surface area (Å²) in [5.41, 5.74) is 0.828. The molecule has 0 radical (unpaired) electrons. The molecule has 0 bridgehead atoms. The lowest BCUT2D eigenvalue weighted by Gasteiger charge is -2.41. The van der Waals surface area contributed by atoms with Crippen LogP contribution in [0.25, 0.3) is 0 Å². The van der Waals surface area contributed by atoms with Crippen molar-refractivity contribution in [3.63, 3.8) is 0 Å². The van der Waals surface area contributed by atoms with Gasteiger partial charge in [0.15, 0.2) is 37.7 Å². The Morgan fingerprint density at radius 2 is 1.95 bits per heavy atom. The van der Waals surface area contributed by atoms with Crippen LogP contribution in [-0.2, 0) is 9.16 Å². The summed E-state index contributed by atoms with van der Waals surface area (Å²) in [6.45, 7) is 15.9. The molecule has 1 aliphatic heterocycles. The molecule has 2 N–H and O–H groups in total. The van der Waals surface area contributed by atoms with E-state index in [4.69, 9.17) is 13.9 Å². The van der Waals surface area contributed by atoms with E-state index >= 15 is 4.39 Å². The molecule has 1 aliphatic rings. The van der Waals surface area contributed by atoms with Crippen LogP contribution in [0.3, 0.4) is 0 Å². The molecule has 3 aromatic rings. The fraction of sp³-hybridized carbons (Fsp3) is 0.560. The third kappa shape index (κ3) is 6.86. The standard InChI is InChI=1S/C25H36F2N8O3Si/c1-15-10-19(34-33-15)30-24-31-22(20(27)23(32-24)38-16(2)21-28-11-17(26)12-29-21)35-8-9-36-13-18(35)14-37-39(6,7)25(3,4)5/h10-12,16,18H,8-9,13-14H2,1-7H3,(H2,30,31,32,33,34)/t16-,18?/m0/s1. The number of nitrogens with zero attached hydrogens (tertiary/aromatic N) is 6. The maximum Gasteiger partial charge on any atom is 0.258 e. The first kappa shape index (κ1) is 28.8. The molecule has 39 heavy (non-hydrogen) atoms. The Labute approximate surface area is 227 Å². The van der Waals surface area contributed by atoms with Crippen LogP contribution < -0.4 is 15.0 Å². The Kier molecular flexibility index (Phi) is 8.47. The molecular formula is C25H36F2N8O3Si. The van der Waals surface area contributed by atoms with Crippen molar-refractivity contribution in [3.05, 3.63) is 41.6 Å². The Morgan fingerprint density at radius 3 is 2.59 bits per heavy atom. The Bertz CT molecular complexity index is 1270. The summed E-state index contributed by atoms with van der Waals surface area (Å²) in [6.07, 6.45) is 1.24. The highest BCUT2D eigenvalue weighted by Gasteiger charge is 2.39. The lowest BCUT2D eigenvalue weighted by atomic mass is 10.2. The minimum Gasteiger partial charge on any atom is -0.464 e.